The summed E-state index contributed by atoms with van der Waals surface area (Å²) in [5, 5.41) is 5.60. The number of carbonyl (C=O) groups excluding carboxylic acids is 1. The predicted molar refractivity (Wildman–Crippen MR) is 136 cm³/mol. The second-order valence-electron chi connectivity index (χ2n) is 9.94. The molecule has 0 spiro atoms. The Kier molecular flexibility index (Phi) is 5.57. The van der Waals surface area contributed by atoms with E-state index in [0.717, 1.165) is 90.8 Å². The Morgan fingerprint density at radius 3 is 2.62 bits per heavy atom. The monoisotopic (exact) mass is 456 g/mol. The summed E-state index contributed by atoms with van der Waals surface area (Å²) in [6.45, 7) is 4.15. The third-order valence-corrected chi connectivity index (χ3v) is 7.71. The zero-order chi connectivity index (χ0) is 23.1. The molecule has 2 aliphatic rings. The molecule has 176 valence electrons. The molecule has 2 fully saturated rings. The number of H-pyrrole nitrogens is 1. The molecule has 34 heavy (non-hydrogen) atoms. The number of aromatic nitrogens is 4. The van der Waals surface area contributed by atoms with Gasteiger partial charge in [0, 0.05) is 55.4 Å². The summed E-state index contributed by atoms with van der Waals surface area (Å²) in [6, 6.07) is 6.44. The van der Waals surface area contributed by atoms with Crippen molar-refractivity contribution in [1.29, 1.82) is 0 Å². The highest BCUT2D eigenvalue weighted by molar-refractivity contribution is 6.04. The van der Waals surface area contributed by atoms with Crippen LogP contribution in [0.3, 0.4) is 0 Å². The molecule has 0 bridgehead atoms. The number of pyridine rings is 2. The molecule has 7 nitrogen and oxygen atoms in total. The number of rotatable bonds is 4. The van der Waals surface area contributed by atoms with Crippen LogP contribution >= 0.6 is 0 Å². The zero-order valence-electron chi connectivity index (χ0n) is 19.8. The fraction of sp³-hybridized carbons (Fsp3) is 0.444. The Hall–Kier alpha value is -3.19. The normalized spacial score (nSPS) is 18.6. The second kappa shape index (κ2) is 8.87. The van der Waals surface area contributed by atoms with Crippen LogP contribution in [-0.2, 0) is 0 Å². The highest BCUT2D eigenvalue weighted by Gasteiger charge is 2.24. The molecule has 5 heterocycles. The van der Waals surface area contributed by atoms with Crippen molar-refractivity contribution in [3.05, 3.63) is 48.5 Å². The molecule has 1 aliphatic carbocycles. The summed E-state index contributed by atoms with van der Waals surface area (Å²) in [6.07, 6.45) is 14.5. The standard InChI is InChI=1S/C27H32N6O/c1-31-10-12-32(13-11-31)21-15-22-23(17-29-27(22)28-16-21)20-8-9-33-25(14-20)24(18-30-33)26(34)19-6-4-2-3-5-7-19/h8-9,14-19H,2-7,10-13H2,1H3,(H,28,29). The molecule has 0 radical (unpaired) electrons. The van der Waals surface area contributed by atoms with Crippen molar-refractivity contribution >= 4 is 28.0 Å². The minimum Gasteiger partial charge on any atom is -0.368 e. The van der Waals surface area contributed by atoms with Crippen LogP contribution in [0.25, 0.3) is 27.7 Å². The van der Waals surface area contributed by atoms with E-state index in [4.69, 9.17) is 4.98 Å². The second-order valence-corrected chi connectivity index (χ2v) is 9.94. The molecule has 1 saturated carbocycles. The number of nitrogens with one attached hydrogen (secondary N) is 1. The molecular weight excluding hydrogens is 424 g/mol. The van der Waals surface area contributed by atoms with Crippen molar-refractivity contribution in [1.82, 2.24) is 24.5 Å². The highest BCUT2D eigenvalue weighted by atomic mass is 16.1. The molecule has 4 aromatic rings. The van der Waals surface area contributed by atoms with Crippen LogP contribution in [0.2, 0.25) is 0 Å². The zero-order valence-corrected chi connectivity index (χ0v) is 19.8. The number of likely N-dealkylation sites (N-methyl/N-ethyl adjacent to an activating group) is 1. The lowest BCUT2D eigenvalue weighted by Gasteiger charge is -2.33. The van der Waals surface area contributed by atoms with Crippen LogP contribution in [0.1, 0.15) is 48.9 Å². The maximum Gasteiger partial charge on any atom is 0.169 e. The maximum atomic E-state index is 13.4. The van der Waals surface area contributed by atoms with E-state index in [1.54, 1.807) is 6.20 Å². The van der Waals surface area contributed by atoms with E-state index in [2.05, 4.69) is 45.1 Å². The van der Waals surface area contributed by atoms with Gasteiger partial charge in [0.05, 0.1) is 29.2 Å². The first-order chi connectivity index (χ1) is 16.7. The number of aromatic amines is 1. The Labute approximate surface area is 199 Å². The van der Waals surface area contributed by atoms with Gasteiger partial charge in [-0.3, -0.25) is 4.79 Å². The Balaban J connectivity index is 1.36. The minimum absolute atomic E-state index is 0.127. The molecule has 1 saturated heterocycles. The third kappa shape index (κ3) is 3.88. The Morgan fingerprint density at radius 2 is 1.82 bits per heavy atom. The van der Waals surface area contributed by atoms with Crippen LogP contribution in [0.4, 0.5) is 5.69 Å². The van der Waals surface area contributed by atoms with Gasteiger partial charge in [-0.2, -0.15) is 5.10 Å². The number of nitrogens with zero attached hydrogens (tertiary/aromatic N) is 5. The van der Waals surface area contributed by atoms with E-state index >= 15 is 0 Å². The van der Waals surface area contributed by atoms with Gasteiger partial charge in [-0.15, -0.1) is 0 Å². The lowest BCUT2D eigenvalue weighted by Crippen LogP contribution is -2.44. The van der Waals surface area contributed by atoms with Gasteiger partial charge in [0.15, 0.2) is 5.78 Å². The molecule has 0 atom stereocenters. The summed E-state index contributed by atoms with van der Waals surface area (Å²) in [4.78, 5) is 26.2. The first-order valence-corrected chi connectivity index (χ1v) is 12.6. The summed E-state index contributed by atoms with van der Waals surface area (Å²) < 4.78 is 1.83. The molecule has 0 aromatic carbocycles. The number of ketones is 1. The van der Waals surface area contributed by atoms with Gasteiger partial charge in [0.2, 0.25) is 0 Å². The van der Waals surface area contributed by atoms with Gasteiger partial charge in [-0.05, 0) is 43.7 Å². The van der Waals surface area contributed by atoms with Gasteiger partial charge < -0.3 is 14.8 Å². The average Bonchev–Trinajstić information content (AvgIpc) is 3.38. The lowest BCUT2D eigenvalue weighted by atomic mass is 9.91. The fourth-order valence-electron chi connectivity index (χ4n) is 5.57. The van der Waals surface area contributed by atoms with Gasteiger partial charge in [0.25, 0.3) is 0 Å². The summed E-state index contributed by atoms with van der Waals surface area (Å²) in [5.74, 6) is 0.384. The van der Waals surface area contributed by atoms with E-state index in [-0.39, 0.29) is 11.7 Å². The van der Waals surface area contributed by atoms with Crippen LogP contribution in [-0.4, -0.2) is 63.5 Å². The predicted octanol–water partition coefficient (Wildman–Crippen LogP) is 4.78. The fourth-order valence-corrected chi connectivity index (χ4v) is 5.57. The van der Waals surface area contributed by atoms with E-state index < -0.39 is 0 Å². The quantitative estimate of drug-likeness (QED) is 0.353. The molecule has 7 heteroatoms. The van der Waals surface area contributed by atoms with E-state index in [0.29, 0.717) is 0 Å². The molecule has 4 aromatic heterocycles. The van der Waals surface area contributed by atoms with Gasteiger partial charge in [0.1, 0.15) is 5.65 Å². The smallest absolute Gasteiger partial charge is 0.169 e. The van der Waals surface area contributed by atoms with E-state index in [1.165, 1.54) is 12.8 Å². The number of piperazine rings is 1. The van der Waals surface area contributed by atoms with E-state index in [1.807, 2.05) is 23.1 Å². The maximum absolute atomic E-state index is 13.4. The van der Waals surface area contributed by atoms with Crippen LogP contribution in [0, 0.1) is 5.92 Å². The number of hydrogen-bond donors (Lipinski definition) is 1. The highest BCUT2D eigenvalue weighted by Crippen LogP contribution is 2.33. The van der Waals surface area contributed by atoms with Crippen LogP contribution in [0.5, 0.6) is 0 Å². The minimum atomic E-state index is 0.127. The van der Waals surface area contributed by atoms with E-state index in [9.17, 15) is 4.79 Å². The first-order valence-electron chi connectivity index (χ1n) is 12.6. The van der Waals surface area contributed by atoms with Crippen LogP contribution in [0.15, 0.2) is 43.0 Å². The van der Waals surface area contributed by atoms with Crippen molar-refractivity contribution in [2.75, 3.05) is 38.1 Å². The molecule has 6 rings (SSSR count). The largest absolute Gasteiger partial charge is 0.368 e. The molecule has 1 N–H and O–H groups in total. The molecule has 1 aliphatic heterocycles. The Morgan fingerprint density at radius 1 is 1.03 bits per heavy atom. The number of anilines is 1. The number of fused-ring (bicyclic) bond motifs is 2. The lowest BCUT2D eigenvalue weighted by molar-refractivity contribution is 0.0909. The molecule has 0 amide bonds. The number of carbonyl (C=O) groups is 1. The summed E-state index contributed by atoms with van der Waals surface area (Å²) in [5.41, 5.74) is 5.88. The number of Topliss-reactive ketones (excluding diaryl/α,β-unsaturated/α-hetero) is 1. The van der Waals surface area contributed by atoms with Crippen molar-refractivity contribution in [2.24, 2.45) is 5.92 Å². The average molecular weight is 457 g/mol. The van der Waals surface area contributed by atoms with Crippen molar-refractivity contribution in [3.63, 3.8) is 0 Å². The SMILES string of the molecule is CN1CCN(c2cnc3[nH]cc(-c4ccn5ncc(C(=O)C6CCCCCC6)c5c4)c3c2)CC1. The Bertz CT molecular complexity index is 1320. The van der Waals surface area contributed by atoms with Gasteiger partial charge in [-0.25, -0.2) is 9.50 Å². The summed E-state index contributed by atoms with van der Waals surface area (Å²) >= 11 is 0. The summed E-state index contributed by atoms with van der Waals surface area (Å²) in [7, 11) is 2.17. The first kappa shape index (κ1) is 21.4. The van der Waals surface area contributed by atoms with Gasteiger partial charge >= 0.3 is 0 Å². The van der Waals surface area contributed by atoms with Crippen molar-refractivity contribution in [2.45, 2.75) is 38.5 Å². The topological polar surface area (TPSA) is 69.5 Å². The van der Waals surface area contributed by atoms with Gasteiger partial charge in [-0.1, -0.05) is 25.7 Å². The van der Waals surface area contributed by atoms with Crippen molar-refractivity contribution in [3.8, 4) is 11.1 Å². The van der Waals surface area contributed by atoms with Crippen LogP contribution < -0.4 is 4.90 Å². The number of hydrogen-bond acceptors (Lipinski definition) is 5. The third-order valence-electron chi connectivity index (χ3n) is 7.71. The molecular formula is C27H32N6O. The van der Waals surface area contributed by atoms with Crippen molar-refractivity contribution < 1.29 is 4.79 Å². The molecule has 0 unspecified atom stereocenters.